The van der Waals surface area contributed by atoms with E-state index in [9.17, 15) is 13.6 Å². The van der Waals surface area contributed by atoms with Crippen molar-refractivity contribution in [1.82, 2.24) is 10.2 Å². The minimum atomic E-state index is -0.776. The van der Waals surface area contributed by atoms with E-state index in [1.807, 2.05) is 6.07 Å². The Balaban J connectivity index is 2.45. The third kappa shape index (κ3) is 2.54. The highest BCUT2D eigenvalue weighted by Gasteiger charge is 2.22. The maximum absolute atomic E-state index is 14.5. The van der Waals surface area contributed by atoms with Crippen LogP contribution in [0.5, 0.6) is 0 Å². The van der Waals surface area contributed by atoms with Crippen LogP contribution in [0.1, 0.15) is 11.3 Å². The standard InChI is InChI=1S/C18H14F2N2O/c1-10-8-9-13(19)15(17(10)20)16-14(11(2)21-22-18(16)23)12-6-4-3-5-7-12/h3-9H,1-2H3,(H,22,23). The highest BCUT2D eigenvalue weighted by atomic mass is 19.1. The molecule has 0 fully saturated rings. The highest BCUT2D eigenvalue weighted by molar-refractivity contribution is 5.84. The van der Waals surface area contributed by atoms with Crippen LogP contribution < -0.4 is 5.56 Å². The summed E-state index contributed by atoms with van der Waals surface area (Å²) in [5.41, 5.74) is 0.882. The lowest BCUT2D eigenvalue weighted by Gasteiger charge is -2.13. The summed E-state index contributed by atoms with van der Waals surface area (Å²) >= 11 is 0. The quantitative estimate of drug-likeness (QED) is 0.777. The molecule has 1 heterocycles. The Morgan fingerprint density at radius 2 is 1.61 bits per heavy atom. The summed E-state index contributed by atoms with van der Waals surface area (Å²) in [6, 6.07) is 11.5. The molecule has 0 radical (unpaired) electrons. The first-order valence-electron chi connectivity index (χ1n) is 7.10. The summed E-state index contributed by atoms with van der Waals surface area (Å²) in [5, 5.41) is 6.25. The zero-order valence-corrected chi connectivity index (χ0v) is 12.7. The molecule has 0 bridgehead atoms. The van der Waals surface area contributed by atoms with Crippen LogP contribution in [0.25, 0.3) is 22.3 Å². The molecule has 0 atom stereocenters. The largest absolute Gasteiger partial charge is 0.272 e. The number of aromatic amines is 1. The minimum Gasteiger partial charge on any atom is -0.267 e. The first-order chi connectivity index (χ1) is 11.0. The van der Waals surface area contributed by atoms with Crippen molar-refractivity contribution in [2.75, 3.05) is 0 Å². The first-order valence-corrected chi connectivity index (χ1v) is 7.10. The maximum atomic E-state index is 14.5. The zero-order chi connectivity index (χ0) is 16.6. The molecule has 2 aromatic carbocycles. The van der Waals surface area contributed by atoms with E-state index in [0.29, 0.717) is 16.8 Å². The van der Waals surface area contributed by atoms with Crippen LogP contribution in [-0.2, 0) is 0 Å². The fraction of sp³-hybridized carbons (Fsp3) is 0.111. The van der Waals surface area contributed by atoms with E-state index >= 15 is 0 Å². The highest BCUT2D eigenvalue weighted by Crippen LogP contribution is 2.34. The molecule has 0 aliphatic rings. The lowest BCUT2D eigenvalue weighted by Crippen LogP contribution is -2.16. The number of aryl methyl sites for hydroxylation is 2. The van der Waals surface area contributed by atoms with E-state index in [0.717, 1.165) is 6.07 Å². The summed E-state index contributed by atoms with van der Waals surface area (Å²) in [4.78, 5) is 12.3. The van der Waals surface area contributed by atoms with Crippen LogP contribution in [0.4, 0.5) is 8.78 Å². The van der Waals surface area contributed by atoms with Gasteiger partial charge in [-0.1, -0.05) is 36.4 Å². The van der Waals surface area contributed by atoms with Gasteiger partial charge >= 0.3 is 0 Å². The zero-order valence-electron chi connectivity index (χ0n) is 12.7. The predicted octanol–water partition coefficient (Wildman–Crippen LogP) is 4.00. The van der Waals surface area contributed by atoms with Crippen LogP contribution in [0.15, 0.2) is 47.3 Å². The molecule has 5 heteroatoms. The smallest absolute Gasteiger partial charge is 0.267 e. The van der Waals surface area contributed by atoms with E-state index in [1.54, 1.807) is 31.2 Å². The van der Waals surface area contributed by atoms with Crippen LogP contribution in [0, 0.1) is 25.5 Å². The van der Waals surface area contributed by atoms with E-state index < -0.39 is 17.2 Å². The monoisotopic (exact) mass is 312 g/mol. The van der Waals surface area contributed by atoms with Gasteiger partial charge in [0.2, 0.25) is 0 Å². The lowest BCUT2D eigenvalue weighted by molar-refractivity contribution is 0.583. The first kappa shape index (κ1) is 15.1. The summed E-state index contributed by atoms with van der Waals surface area (Å²) in [6.45, 7) is 3.22. The number of halogens is 2. The molecule has 116 valence electrons. The number of benzene rings is 2. The van der Waals surface area contributed by atoms with Crippen molar-refractivity contribution in [2.24, 2.45) is 0 Å². The molecule has 3 rings (SSSR count). The van der Waals surface area contributed by atoms with E-state index in [2.05, 4.69) is 10.2 Å². The fourth-order valence-electron chi connectivity index (χ4n) is 2.62. The maximum Gasteiger partial charge on any atom is 0.272 e. The Labute approximate surface area is 131 Å². The SMILES string of the molecule is Cc1ccc(F)c(-c2c(-c3ccccc3)c(C)n[nH]c2=O)c1F. The van der Waals surface area contributed by atoms with Gasteiger partial charge in [-0.15, -0.1) is 0 Å². The minimum absolute atomic E-state index is 0.0394. The molecular formula is C18H14F2N2O. The lowest BCUT2D eigenvalue weighted by atomic mass is 9.93. The van der Waals surface area contributed by atoms with Crippen molar-refractivity contribution in [1.29, 1.82) is 0 Å². The van der Waals surface area contributed by atoms with Gasteiger partial charge in [0, 0.05) is 5.56 Å². The number of nitrogens with zero attached hydrogens (tertiary/aromatic N) is 1. The second kappa shape index (κ2) is 5.76. The number of hydrogen-bond donors (Lipinski definition) is 1. The predicted molar refractivity (Wildman–Crippen MR) is 85.1 cm³/mol. The van der Waals surface area contributed by atoms with Gasteiger partial charge in [0.15, 0.2) is 0 Å². The van der Waals surface area contributed by atoms with Crippen molar-refractivity contribution in [3.8, 4) is 22.3 Å². The molecule has 0 amide bonds. The molecule has 1 N–H and O–H groups in total. The summed E-state index contributed by atoms with van der Waals surface area (Å²) in [7, 11) is 0. The van der Waals surface area contributed by atoms with Gasteiger partial charge in [-0.05, 0) is 31.0 Å². The molecule has 3 nitrogen and oxygen atoms in total. The Bertz CT molecular complexity index is 934. The normalized spacial score (nSPS) is 10.8. The van der Waals surface area contributed by atoms with Crippen molar-refractivity contribution < 1.29 is 8.78 Å². The topological polar surface area (TPSA) is 45.8 Å². The Morgan fingerprint density at radius 3 is 2.30 bits per heavy atom. The average molecular weight is 312 g/mol. The number of rotatable bonds is 2. The van der Waals surface area contributed by atoms with Crippen molar-refractivity contribution >= 4 is 0 Å². The molecular weight excluding hydrogens is 298 g/mol. The Hall–Kier alpha value is -2.82. The van der Waals surface area contributed by atoms with Gasteiger partial charge in [0.05, 0.1) is 16.8 Å². The molecule has 0 saturated heterocycles. The van der Waals surface area contributed by atoms with Gasteiger partial charge in [-0.2, -0.15) is 5.10 Å². The van der Waals surface area contributed by atoms with E-state index in [-0.39, 0.29) is 16.7 Å². The van der Waals surface area contributed by atoms with E-state index in [1.165, 1.54) is 13.0 Å². The molecule has 1 aromatic heterocycles. The summed E-state index contributed by atoms with van der Waals surface area (Å²) in [6.07, 6.45) is 0. The van der Waals surface area contributed by atoms with Crippen LogP contribution in [-0.4, -0.2) is 10.2 Å². The molecule has 3 aromatic rings. The molecule has 0 spiro atoms. The second-order valence-electron chi connectivity index (χ2n) is 5.31. The molecule has 0 saturated carbocycles. The summed E-state index contributed by atoms with van der Waals surface area (Å²) < 4.78 is 28.9. The van der Waals surface area contributed by atoms with Crippen LogP contribution >= 0.6 is 0 Å². The molecule has 0 aliphatic heterocycles. The van der Waals surface area contributed by atoms with Crippen LogP contribution in [0.3, 0.4) is 0 Å². The van der Waals surface area contributed by atoms with Gasteiger partial charge < -0.3 is 0 Å². The second-order valence-corrected chi connectivity index (χ2v) is 5.31. The number of aromatic nitrogens is 2. The average Bonchev–Trinajstić information content (AvgIpc) is 2.55. The number of H-pyrrole nitrogens is 1. The third-order valence-electron chi connectivity index (χ3n) is 3.76. The third-order valence-corrected chi connectivity index (χ3v) is 3.76. The van der Waals surface area contributed by atoms with E-state index in [4.69, 9.17) is 0 Å². The fourth-order valence-corrected chi connectivity index (χ4v) is 2.62. The van der Waals surface area contributed by atoms with Gasteiger partial charge in [0.25, 0.3) is 5.56 Å². The van der Waals surface area contributed by atoms with Crippen LogP contribution in [0.2, 0.25) is 0 Å². The van der Waals surface area contributed by atoms with Gasteiger partial charge in [0.1, 0.15) is 11.6 Å². The number of nitrogens with one attached hydrogen (secondary N) is 1. The Morgan fingerprint density at radius 1 is 0.913 bits per heavy atom. The number of hydrogen-bond acceptors (Lipinski definition) is 2. The molecule has 23 heavy (non-hydrogen) atoms. The van der Waals surface area contributed by atoms with Crippen molar-refractivity contribution in [3.63, 3.8) is 0 Å². The Kier molecular flexibility index (Phi) is 3.78. The van der Waals surface area contributed by atoms with Gasteiger partial charge in [-0.25, -0.2) is 13.9 Å². The summed E-state index contributed by atoms with van der Waals surface area (Å²) in [5.74, 6) is -1.51. The molecule has 0 unspecified atom stereocenters. The van der Waals surface area contributed by atoms with Crippen molar-refractivity contribution in [2.45, 2.75) is 13.8 Å². The molecule has 0 aliphatic carbocycles. The van der Waals surface area contributed by atoms with Crippen molar-refractivity contribution in [3.05, 3.63) is 75.7 Å². The van der Waals surface area contributed by atoms with Gasteiger partial charge in [-0.3, -0.25) is 4.79 Å².